The van der Waals surface area contributed by atoms with Crippen molar-refractivity contribution in [1.82, 2.24) is 4.72 Å². The maximum absolute atomic E-state index is 11.0. The monoisotopic (exact) mass is 211 g/mol. The van der Waals surface area contributed by atoms with Crippen LogP contribution in [0, 0.1) is 0 Å². The molecule has 0 bridgehead atoms. The van der Waals surface area contributed by atoms with Crippen LogP contribution in [-0.4, -0.2) is 45.0 Å². The predicted octanol–water partition coefficient (Wildman–Crippen LogP) is -0.975. The minimum atomic E-state index is -3.54. The van der Waals surface area contributed by atoms with E-state index in [4.69, 9.17) is 5.11 Å². The summed E-state index contributed by atoms with van der Waals surface area (Å²) in [6.45, 7) is 1.30. The molecule has 0 radical (unpaired) electrons. The molecule has 0 rings (SSSR count). The van der Waals surface area contributed by atoms with Gasteiger partial charge in [0.1, 0.15) is 6.04 Å². The summed E-state index contributed by atoms with van der Waals surface area (Å²) in [5.41, 5.74) is 0. The van der Waals surface area contributed by atoms with Crippen molar-refractivity contribution in [3.8, 4) is 0 Å². The topological polar surface area (TPSA) is 92.7 Å². The molecule has 0 fully saturated rings. The van der Waals surface area contributed by atoms with Crippen LogP contribution in [0.25, 0.3) is 0 Å². The zero-order valence-electron chi connectivity index (χ0n) is 7.48. The first-order valence-electron chi connectivity index (χ1n) is 3.61. The molecule has 6 nitrogen and oxygen atoms in total. The number of hydrogen-bond donors (Lipinski definition) is 2. The molecular weight excluding hydrogens is 198 g/mol. The fraction of sp³-hybridized carbons (Fsp3) is 0.833. The van der Waals surface area contributed by atoms with Gasteiger partial charge in [0.25, 0.3) is 0 Å². The first kappa shape index (κ1) is 12.3. The summed E-state index contributed by atoms with van der Waals surface area (Å²) in [6, 6.07) is -1.11. The number of carbonyl (C=O) groups is 1. The minimum Gasteiger partial charge on any atom is -0.480 e. The average Bonchev–Trinajstić information content (AvgIpc) is 2.00. The Balaban J connectivity index is 4.10. The van der Waals surface area contributed by atoms with E-state index in [9.17, 15) is 13.2 Å². The van der Waals surface area contributed by atoms with E-state index in [2.05, 4.69) is 4.74 Å². The predicted molar refractivity (Wildman–Crippen MR) is 45.9 cm³/mol. The standard InChI is InChI=1S/C6H13NO5S/c1-5(6(8)9)7-13(10,11)4-3-12-2/h5,7H,3-4H2,1-2H3,(H,8,9). The normalized spacial score (nSPS) is 14.0. The maximum atomic E-state index is 11.0. The highest BCUT2D eigenvalue weighted by molar-refractivity contribution is 7.89. The van der Waals surface area contributed by atoms with E-state index in [1.807, 2.05) is 4.72 Å². The Hall–Kier alpha value is -0.660. The third kappa shape index (κ3) is 5.56. The fourth-order valence-corrected chi connectivity index (χ4v) is 1.72. The molecule has 0 heterocycles. The van der Waals surface area contributed by atoms with Gasteiger partial charge in [-0.1, -0.05) is 0 Å². The first-order valence-corrected chi connectivity index (χ1v) is 5.26. The van der Waals surface area contributed by atoms with E-state index in [0.717, 1.165) is 0 Å². The summed E-state index contributed by atoms with van der Waals surface area (Å²) < 4.78 is 28.6. The molecule has 7 heteroatoms. The molecule has 0 aromatic heterocycles. The van der Waals surface area contributed by atoms with Gasteiger partial charge in [-0.2, -0.15) is 0 Å². The third-order valence-electron chi connectivity index (χ3n) is 1.28. The summed E-state index contributed by atoms with van der Waals surface area (Å²) in [5, 5.41) is 8.41. The highest BCUT2D eigenvalue weighted by Gasteiger charge is 2.18. The van der Waals surface area contributed by atoms with Crippen LogP contribution in [0.15, 0.2) is 0 Å². The molecule has 0 spiro atoms. The Morgan fingerprint density at radius 1 is 1.62 bits per heavy atom. The summed E-state index contributed by atoms with van der Waals surface area (Å²) in [7, 11) is -2.17. The van der Waals surface area contributed by atoms with Gasteiger partial charge >= 0.3 is 5.97 Å². The zero-order chi connectivity index (χ0) is 10.5. The minimum absolute atomic E-state index is 0.0433. The van der Waals surface area contributed by atoms with E-state index in [1.165, 1.54) is 14.0 Å². The summed E-state index contributed by atoms with van der Waals surface area (Å²) in [5.74, 6) is -1.44. The van der Waals surface area contributed by atoms with Gasteiger partial charge in [-0.3, -0.25) is 4.79 Å². The molecule has 1 atom stereocenters. The Morgan fingerprint density at radius 3 is 2.54 bits per heavy atom. The quantitative estimate of drug-likeness (QED) is 0.589. The smallest absolute Gasteiger partial charge is 0.321 e. The fourth-order valence-electron chi connectivity index (χ4n) is 0.572. The van der Waals surface area contributed by atoms with Crippen LogP contribution < -0.4 is 4.72 Å². The van der Waals surface area contributed by atoms with Crippen molar-refractivity contribution in [2.45, 2.75) is 13.0 Å². The van der Waals surface area contributed by atoms with Crippen molar-refractivity contribution >= 4 is 16.0 Å². The number of nitrogens with one attached hydrogen (secondary N) is 1. The number of methoxy groups -OCH3 is 1. The molecule has 2 N–H and O–H groups in total. The van der Waals surface area contributed by atoms with E-state index in [0.29, 0.717) is 0 Å². The van der Waals surface area contributed by atoms with E-state index in [-0.39, 0.29) is 12.4 Å². The van der Waals surface area contributed by atoms with Crippen molar-refractivity contribution in [3.05, 3.63) is 0 Å². The largest absolute Gasteiger partial charge is 0.480 e. The van der Waals surface area contributed by atoms with Crippen molar-refractivity contribution in [2.75, 3.05) is 19.5 Å². The number of hydrogen-bond acceptors (Lipinski definition) is 4. The van der Waals surface area contributed by atoms with Gasteiger partial charge in [0.2, 0.25) is 10.0 Å². The van der Waals surface area contributed by atoms with Crippen LogP contribution >= 0.6 is 0 Å². The molecule has 0 saturated carbocycles. The molecule has 78 valence electrons. The van der Waals surface area contributed by atoms with E-state index < -0.39 is 22.0 Å². The Bertz CT molecular complexity index is 260. The molecule has 13 heavy (non-hydrogen) atoms. The lowest BCUT2D eigenvalue weighted by molar-refractivity contribution is -0.138. The average molecular weight is 211 g/mol. The molecule has 0 aliphatic heterocycles. The van der Waals surface area contributed by atoms with Gasteiger partial charge in [-0.05, 0) is 6.92 Å². The number of ether oxygens (including phenoxy) is 1. The Labute approximate surface area is 76.9 Å². The molecular formula is C6H13NO5S. The molecule has 0 aromatic carbocycles. The van der Waals surface area contributed by atoms with Crippen LogP contribution in [0.5, 0.6) is 0 Å². The summed E-state index contributed by atoms with van der Waals surface area (Å²) in [4.78, 5) is 10.3. The van der Waals surface area contributed by atoms with Crippen LogP contribution in [-0.2, 0) is 19.6 Å². The van der Waals surface area contributed by atoms with E-state index in [1.54, 1.807) is 0 Å². The molecule has 0 saturated heterocycles. The molecule has 1 unspecified atom stereocenters. The first-order chi connectivity index (χ1) is 5.89. The number of carboxylic acid groups (broad SMARTS) is 1. The van der Waals surface area contributed by atoms with Gasteiger partial charge in [0.15, 0.2) is 0 Å². The van der Waals surface area contributed by atoms with Gasteiger partial charge in [-0.25, -0.2) is 13.1 Å². The lowest BCUT2D eigenvalue weighted by Crippen LogP contribution is -2.40. The van der Waals surface area contributed by atoms with Crippen molar-refractivity contribution < 1.29 is 23.1 Å². The van der Waals surface area contributed by atoms with Crippen LogP contribution in [0.2, 0.25) is 0 Å². The van der Waals surface area contributed by atoms with Gasteiger partial charge in [-0.15, -0.1) is 0 Å². The lowest BCUT2D eigenvalue weighted by atomic mass is 10.4. The number of aliphatic carboxylic acids is 1. The zero-order valence-corrected chi connectivity index (χ0v) is 8.30. The van der Waals surface area contributed by atoms with Gasteiger partial charge in [0, 0.05) is 7.11 Å². The number of rotatable bonds is 6. The summed E-state index contributed by atoms with van der Waals surface area (Å²) in [6.07, 6.45) is 0. The Morgan fingerprint density at radius 2 is 2.15 bits per heavy atom. The second kappa shape index (κ2) is 5.15. The Kier molecular flexibility index (Phi) is 4.89. The lowest BCUT2D eigenvalue weighted by Gasteiger charge is -2.09. The van der Waals surface area contributed by atoms with Crippen LogP contribution in [0.3, 0.4) is 0 Å². The molecule has 0 amide bonds. The molecule has 0 aliphatic rings. The SMILES string of the molecule is COCCS(=O)(=O)NC(C)C(=O)O. The highest BCUT2D eigenvalue weighted by atomic mass is 32.2. The van der Waals surface area contributed by atoms with Gasteiger partial charge in [0.05, 0.1) is 12.4 Å². The van der Waals surface area contributed by atoms with Crippen molar-refractivity contribution in [1.29, 1.82) is 0 Å². The second-order valence-corrected chi connectivity index (χ2v) is 4.36. The third-order valence-corrected chi connectivity index (χ3v) is 2.70. The van der Waals surface area contributed by atoms with Crippen molar-refractivity contribution in [2.24, 2.45) is 0 Å². The van der Waals surface area contributed by atoms with Crippen molar-refractivity contribution in [3.63, 3.8) is 0 Å². The highest BCUT2D eigenvalue weighted by Crippen LogP contribution is 1.89. The van der Waals surface area contributed by atoms with Crippen LogP contribution in [0.1, 0.15) is 6.92 Å². The summed E-state index contributed by atoms with van der Waals surface area (Å²) >= 11 is 0. The maximum Gasteiger partial charge on any atom is 0.321 e. The van der Waals surface area contributed by atoms with Crippen LogP contribution in [0.4, 0.5) is 0 Å². The molecule has 0 aliphatic carbocycles. The molecule has 0 aromatic rings. The van der Waals surface area contributed by atoms with E-state index >= 15 is 0 Å². The second-order valence-electron chi connectivity index (χ2n) is 2.49. The number of carboxylic acids is 1. The van der Waals surface area contributed by atoms with Gasteiger partial charge < -0.3 is 9.84 Å². The number of sulfonamides is 1.